The number of ether oxygens (including phenoxy) is 2. The van der Waals surface area contributed by atoms with E-state index in [4.69, 9.17) is 9.47 Å². The molecule has 0 aliphatic heterocycles. The molecule has 49 heavy (non-hydrogen) atoms. The summed E-state index contributed by atoms with van der Waals surface area (Å²) in [5.41, 5.74) is 0. The lowest BCUT2D eigenvalue weighted by molar-refractivity contribution is -0.146. The van der Waals surface area contributed by atoms with Crippen LogP contribution in [-0.4, -0.2) is 25.2 Å². The molecule has 0 N–H and O–H groups in total. The first-order valence-corrected chi connectivity index (χ1v) is 22.0. The van der Waals surface area contributed by atoms with Gasteiger partial charge in [-0.25, -0.2) is 0 Å². The van der Waals surface area contributed by atoms with Crippen LogP contribution in [0.3, 0.4) is 0 Å². The minimum Gasteiger partial charge on any atom is -0.465 e. The Balaban J connectivity index is 4.10. The van der Waals surface area contributed by atoms with Gasteiger partial charge in [0, 0.05) is 18.8 Å². The molecule has 0 saturated carbocycles. The van der Waals surface area contributed by atoms with E-state index < -0.39 is 0 Å². The molecule has 0 aromatic rings. The van der Waals surface area contributed by atoms with Gasteiger partial charge in [-0.1, -0.05) is 200 Å². The lowest BCUT2D eigenvalue weighted by atomic mass is 9.99. The molecule has 0 aliphatic carbocycles. The molecule has 0 fully saturated rings. The van der Waals surface area contributed by atoms with Crippen molar-refractivity contribution in [3.8, 4) is 0 Å². The van der Waals surface area contributed by atoms with Gasteiger partial charge < -0.3 is 9.47 Å². The van der Waals surface area contributed by atoms with Gasteiger partial charge in [0.15, 0.2) is 0 Å². The van der Waals surface area contributed by atoms with Crippen LogP contribution in [0.15, 0.2) is 12.2 Å². The first kappa shape index (κ1) is 47.7. The topological polar surface area (TPSA) is 52.6 Å². The van der Waals surface area contributed by atoms with Gasteiger partial charge in [-0.05, 0) is 44.4 Å². The highest BCUT2D eigenvalue weighted by atomic mass is 16.5. The van der Waals surface area contributed by atoms with Gasteiger partial charge in [-0.3, -0.25) is 9.59 Å². The maximum absolute atomic E-state index is 12.5. The summed E-state index contributed by atoms with van der Waals surface area (Å²) in [5, 5.41) is 0. The molecule has 0 heterocycles. The smallest absolute Gasteiger partial charge is 0.305 e. The Hall–Kier alpha value is -1.32. The summed E-state index contributed by atoms with van der Waals surface area (Å²) in [4.78, 5) is 24.7. The van der Waals surface area contributed by atoms with Gasteiger partial charge in [0.05, 0.1) is 13.2 Å². The van der Waals surface area contributed by atoms with E-state index in [2.05, 4.69) is 39.8 Å². The first-order chi connectivity index (χ1) is 24.1. The highest BCUT2D eigenvalue weighted by Crippen LogP contribution is 2.18. The lowest BCUT2D eigenvalue weighted by Gasteiger charge is -2.14. The van der Waals surface area contributed by atoms with Crippen LogP contribution in [0.5, 0.6) is 0 Å². The number of allylic oxidation sites excluding steroid dienone is 1. The third kappa shape index (κ3) is 36.3. The van der Waals surface area contributed by atoms with Gasteiger partial charge >= 0.3 is 11.9 Å². The zero-order valence-electron chi connectivity index (χ0n) is 33.7. The summed E-state index contributed by atoms with van der Waals surface area (Å²) in [6.07, 6.45) is 44.6. The number of esters is 2. The number of carbonyl (C=O) groups excluding carboxylic acids is 2. The Morgan fingerprint density at radius 2 is 0.857 bits per heavy atom. The molecule has 0 aliphatic rings. The monoisotopic (exact) mass is 691 g/mol. The van der Waals surface area contributed by atoms with Crippen molar-refractivity contribution < 1.29 is 19.1 Å². The Labute approximate surface area is 307 Å². The second-order valence-electron chi connectivity index (χ2n) is 15.2. The third-order valence-corrected chi connectivity index (χ3v) is 10.3. The van der Waals surface area contributed by atoms with E-state index in [1.807, 2.05) is 0 Å². The average molecular weight is 691 g/mol. The normalized spacial score (nSPS) is 12.8. The van der Waals surface area contributed by atoms with E-state index in [9.17, 15) is 9.59 Å². The Bertz CT molecular complexity index is 717. The van der Waals surface area contributed by atoms with Crippen molar-refractivity contribution in [2.24, 2.45) is 11.8 Å². The minimum atomic E-state index is -0.0268. The summed E-state index contributed by atoms with van der Waals surface area (Å²) in [7, 11) is 0. The first-order valence-electron chi connectivity index (χ1n) is 22.0. The highest BCUT2D eigenvalue weighted by Gasteiger charge is 2.11. The zero-order valence-corrected chi connectivity index (χ0v) is 33.7. The fourth-order valence-corrected chi connectivity index (χ4v) is 6.69. The standard InChI is InChI=1S/C45H86O4/c1-5-9-12-14-16-17-18-19-20-21-22-23-25-29-33-39-45(47)49-41-43(36-31-27-24-15-13-10-6-2)37-32-28-26-30-34-38-44(46)48-40-42(8-4)35-11-7-3/h31,36,42-43H,5-30,32-35,37-41H2,1-4H3/b36-31+. The Morgan fingerprint density at radius 1 is 0.449 bits per heavy atom. The molecule has 0 rings (SSSR count). The van der Waals surface area contributed by atoms with Crippen LogP contribution in [0, 0.1) is 11.8 Å². The van der Waals surface area contributed by atoms with Crippen LogP contribution in [-0.2, 0) is 19.1 Å². The lowest BCUT2D eigenvalue weighted by Crippen LogP contribution is -2.13. The van der Waals surface area contributed by atoms with Crippen molar-refractivity contribution in [2.75, 3.05) is 13.2 Å². The molecule has 0 bridgehead atoms. The molecule has 0 aromatic heterocycles. The van der Waals surface area contributed by atoms with E-state index in [1.54, 1.807) is 0 Å². The second kappa shape index (κ2) is 39.5. The molecule has 290 valence electrons. The molecule has 0 aromatic carbocycles. The molecule has 2 unspecified atom stereocenters. The van der Waals surface area contributed by atoms with E-state index in [-0.39, 0.29) is 11.9 Å². The van der Waals surface area contributed by atoms with Crippen molar-refractivity contribution in [2.45, 2.75) is 240 Å². The summed E-state index contributed by atoms with van der Waals surface area (Å²) in [6, 6.07) is 0. The maximum atomic E-state index is 12.5. The van der Waals surface area contributed by atoms with E-state index in [0.717, 1.165) is 64.2 Å². The second-order valence-corrected chi connectivity index (χ2v) is 15.2. The van der Waals surface area contributed by atoms with Crippen molar-refractivity contribution >= 4 is 11.9 Å². The fourth-order valence-electron chi connectivity index (χ4n) is 6.69. The molecule has 0 radical (unpaired) electrons. The van der Waals surface area contributed by atoms with Crippen molar-refractivity contribution in [3.63, 3.8) is 0 Å². The van der Waals surface area contributed by atoms with Crippen LogP contribution in [0.25, 0.3) is 0 Å². The van der Waals surface area contributed by atoms with Crippen molar-refractivity contribution in [1.29, 1.82) is 0 Å². The molecule has 4 heteroatoms. The van der Waals surface area contributed by atoms with Crippen LogP contribution < -0.4 is 0 Å². The van der Waals surface area contributed by atoms with Gasteiger partial charge in [-0.2, -0.15) is 0 Å². The zero-order chi connectivity index (χ0) is 35.9. The van der Waals surface area contributed by atoms with E-state index in [1.165, 1.54) is 135 Å². The summed E-state index contributed by atoms with van der Waals surface area (Å²) in [5.74, 6) is 0.783. The third-order valence-electron chi connectivity index (χ3n) is 10.3. The summed E-state index contributed by atoms with van der Waals surface area (Å²) in [6.45, 7) is 10.1. The number of hydrogen-bond acceptors (Lipinski definition) is 4. The quantitative estimate of drug-likeness (QED) is 0.0366. The molecule has 2 atom stereocenters. The van der Waals surface area contributed by atoms with E-state index >= 15 is 0 Å². The predicted molar refractivity (Wildman–Crippen MR) is 213 cm³/mol. The van der Waals surface area contributed by atoms with Crippen LogP contribution in [0.4, 0.5) is 0 Å². The summed E-state index contributed by atoms with van der Waals surface area (Å²) >= 11 is 0. The van der Waals surface area contributed by atoms with Crippen LogP contribution in [0.2, 0.25) is 0 Å². The minimum absolute atomic E-state index is 0.0184. The number of carbonyl (C=O) groups is 2. The maximum Gasteiger partial charge on any atom is 0.305 e. The number of unbranched alkanes of at least 4 members (excludes halogenated alkanes) is 24. The largest absolute Gasteiger partial charge is 0.465 e. The molecule has 0 spiro atoms. The average Bonchev–Trinajstić information content (AvgIpc) is 3.11. The van der Waals surface area contributed by atoms with Gasteiger partial charge in [0.1, 0.15) is 0 Å². The molecular weight excluding hydrogens is 604 g/mol. The van der Waals surface area contributed by atoms with Crippen molar-refractivity contribution in [3.05, 3.63) is 12.2 Å². The van der Waals surface area contributed by atoms with Gasteiger partial charge in [-0.15, -0.1) is 0 Å². The molecule has 0 saturated heterocycles. The van der Waals surface area contributed by atoms with Crippen LogP contribution >= 0.6 is 0 Å². The van der Waals surface area contributed by atoms with Gasteiger partial charge in [0.2, 0.25) is 0 Å². The predicted octanol–water partition coefficient (Wildman–Crippen LogP) is 14.8. The molecular formula is C45H86O4. The van der Waals surface area contributed by atoms with Gasteiger partial charge in [0.25, 0.3) is 0 Å². The SMILES string of the molecule is CCCCCCC/C=C/C(CCCCCCCC(=O)OCC(CC)CCCC)COC(=O)CCCCCCCCCCCCCCCCC. The Morgan fingerprint density at radius 3 is 1.33 bits per heavy atom. The molecule has 4 nitrogen and oxygen atoms in total. The van der Waals surface area contributed by atoms with E-state index in [0.29, 0.717) is 37.9 Å². The fraction of sp³-hybridized carbons (Fsp3) is 0.911. The van der Waals surface area contributed by atoms with Crippen LogP contribution in [0.1, 0.15) is 240 Å². The summed E-state index contributed by atoms with van der Waals surface area (Å²) < 4.78 is 11.3. The number of hydrogen-bond donors (Lipinski definition) is 0. The molecule has 0 amide bonds. The highest BCUT2D eigenvalue weighted by molar-refractivity contribution is 5.69. The van der Waals surface area contributed by atoms with Crippen molar-refractivity contribution in [1.82, 2.24) is 0 Å². The Kier molecular flexibility index (Phi) is 38.4. The number of rotatable bonds is 39.